The molecule has 1 unspecified atom stereocenters. The highest BCUT2D eigenvalue weighted by molar-refractivity contribution is 5.43. The Morgan fingerprint density at radius 1 is 1.14 bits per heavy atom. The number of ether oxygens (including phenoxy) is 1. The van der Waals surface area contributed by atoms with Crippen LogP contribution in [0.3, 0.4) is 0 Å². The predicted molar refractivity (Wildman–Crippen MR) is 84.1 cm³/mol. The zero-order chi connectivity index (χ0) is 15.4. The number of benzene rings is 2. The van der Waals surface area contributed by atoms with E-state index in [9.17, 15) is 4.39 Å². The lowest BCUT2D eigenvalue weighted by molar-refractivity contribution is 0.317. The molecule has 0 bridgehead atoms. The van der Waals surface area contributed by atoms with Crippen LogP contribution in [-0.2, 0) is 0 Å². The molecule has 0 aliphatic rings. The number of rotatable bonds is 5. The van der Waals surface area contributed by atoms with Crippen molar-refractivity contribution in [2.45, 2.75) is 33.2 Å². The SMILES string of the molecule is CCCOc1cccc(C(N)c2c(C)cc(F)cc2C)c1. The normalized spacial score (nSPS) is 12.2. The Hall–Kier alpha value is -1.87. The van der Waals surface area contributed by atoms with Crippen LogP contribution in [-0.4, -0.2) is 6.61 Å². The van der Waals surface area contributed by atoms with E-state index in [1.54, 1.807) is 0 Å². The lowest BCUT2D eigenvalue weighted by Crippen LogP contribution is -2.15. The molecular formula is C18H22FNO. The van der Waals surface area contributed by atoms with Crippen molar-refractivity contribution in [2.75, 3.05) is 6.61 Å². The topological polar surface area (TPSA) is 35.2 Å². The Morgan fingerprint density at radius 3 is 2.43 bits per heavy atom. The van der Waals surface area contributed by atoms with E-state index in [1.165, 1.54) is 12.1 Å². The predicted octanol–water partition coefficient (Wildman–Crippen LogP) is 4.28. The molecule has 2 rings (SSSR count). The molecule has 0 aliphatic heterocycles. The molecule has 21 heavy (non-hydrogen) atoms. The van der Waals surface area contributed by atoms with Crippen molar-refractivity contribution in [3.8, 4) is 5.75 Å². The average molecular weight is 287 g/mol. The van der Waals surface area contributed by atoms with E-state index < -0.39 is 0 Å². The maximum Gasteiger partial charge on any atom is 0.123 e. The Balaban J connectivity index is 2.34. The minimum Gasteiger partial charge on any atom is -0.494 e. The Labute approximate surface area is 125 Å². The van der Waals surface area contributed by atoms with Crippen LogP contribution in [0.4, 0.5) is 4.39 Å². The molecule has 0 amide bonds. The largest absolute Gasteiger partial charge is 0.494 e. The van der Waals surface area contributed by atoms with E-state index in [2.05, 4.69) is 6.92 Å². The molecule has 112 valence electrons. The van der Waals surface area contributed by atoms with Gasteiger partial charge in [-0.1, -0.05) is 19.1 Å². The highest BCUT2D eigenvalue weighted by atomic mass is 19.1. The summed E-state index contributed by atoms with van der Waals surface area (Å²) in [6, 6.07) is 10.6. The molecule has 0 heterocycles. The monoisotopic (exact) mass is 287 g/mol. The quantitative estimate of drug-likeness (QED) is 0.891. The first-order valence-electron chi connectivity index (χ1n) is 7.28. The summed E-state index contributed by atoms with van der Waals surface area (Å²) < 4.78 is 19.1. The van der Waals surface area contributed by atoms with Gasteiger partial charge in [-0.25, -0.2) is 4.39 Å². The lowest BCUT2D eigenvalue weighted by atomic mass is 9.92. The van der Waals surface area contributed by atoms with Crippen molar-refractivity contribution in [3.63, 3.8) is 0 Å². The van der Waals surface area contributed by atoms with Crippen molar-refractivity contribution in [3.05, 3.63) is 64.5 Å². The van der Waals surface area contributed by atoms with Gasteiger partial charge in [-0.2, -0.15) is 0 Å². The van der Waals surface area contributed by atoms with E-state index in [0.717, 1.165) is 34.4 Å². The molecular weight excluding hydrogens is 265 g/mol. The van der Waals surface area contributed by atoms with Gasteiger partial charge in [0, 0.05) is 0 Å². The van der Waals surface area contributed by atoms with E-state index in [0.29, 0.717) is 6.61 Å². The fraction of sp³-hybridized carbons (Fsp3) is 0.333. The third-order valence-electron chi connectivity index (χ3n) is 3.56. The van der Waals surface area contributed by atoms with Gasteiger partial charge in [0.15, 0.2) is 0 Å². The smallest absolute Gasteiger partial charge is 0.123 e. The Morgan fingerprint density at radius 2 is 1.81 bits per heavy atom. The van der Waals surface area contributed by atoms with Gasteiger partial charge in [0.05, 0.1) is 12.6 Å². The second kappa shape index (κ2) is 6.72. The summed E-state index contributed by atoms with van der Waals surface area (Å²) in [5, 5.41) is 0. The van der Waals surface area contributed by atoms with Crippen molar-refractivity contribution in [2.24, 2.45) is 5.73 Å². The minimum absolute atomic E-state index is 0.221. The molecule has 0 radical (unpaired) electrons. The van der Waals surface area contributed by atoms with Gasteiger partial charge >= 0.3 is 0 Å². The Kier molecular flexibility index (Phi) is 4.97. The summed E-state index contributed by atoms with van der Waals surface area (Å²) in [4.78, 5) is 0. The maximum absolute atomic E-state index is 13.4. The van der Waals surface area contributed by atoms with Crippen LogP contribution >= 0.6 is 0 Å². The summed E-state index contributed by atoms with van der Waals surface area (Å²) >= 11 is 0. The van der Waals surface area contributed by atoms with Crippen LogP contribution in [0, 0.1) is 19.7 Å². The summed E-state index contributed by atoms with van der Waals surface area (Å²) in [5.41, 5.74) is 10.1. The van der Waals surface area contributed by atoms with E-state index in [-0.39, 0.29) is 11.9 Å². The second-order valence-electron chi connectivity index (χ2n) is 5.35. The van der Waals surface area contributed by atoms with Gasteiger partial charge in [-0.05, 0) is 66.8 Å². The molecule has 2 aromatic rings. The first kappa shape index (κ1) is 15.5. The number of halogens is 1. The molecule has 3 heteroatoms. The third-order valence-corrected chi connectivity index (χ3v) is 3.56. The molecule has 0 fully saturated rings. The van der Waals surface area contributed by atoms with Crippen LogP contribution in [0.1, 0.15) is 41.6 Å². The van der Waals surface area contributed by atoms with E-state index >= 15 is 0 Å². The first-order valence-corrected chi connectivity index (χ1v) is 7.28. The average Bonchev–Trinajstić information content (AvgIpc) is 2.44. The van der Waals surface area contributed by atoms with Crippen molar-refractivity contribution >= 4 is 0 Å². The van der Waals surface area contributed by atoms with E-state index in [4.69, 9.17) is 10.5 Å². The zero-order valence-electron chi connectivity index (χ0n) is 12.8. The van der Waals surface area contributed by atoms with Gasteiger partial charge in [0.1, 0.15) is 11.6 Å². The highest BCUT2D eigenvalue weighted by Crippen LogP contribution is 2.28. The molecule has 2 N–H and O–H groups in total. The van der Waals surface area contributed by atoms with E-state index in [1.807, 2.05) is 38.1 Å². The zero-order valence-corrected chi connectivity index (χ0v) is 12.8. The summed E-state index contributed by atoms with van der Waals surface area (Å²) in [6.45, 7) is 6.54. The fourth-order valence-electron chi connectivity index (χ4n) is 2.60. The molecule has 0 spiro atoms. The first-order chi connectivity index (χ1) is 10.0. The van der Waals surface area contributed by atoms with Gasteiger partial charge in [0.25, 0.3) is 0 Å². The van der Waals surface area contributed by atoms with Crippen molar-refractivity contribution in [1.82, 2.24) is 0 Å². The van der Waals surface area contributed by atoms with Gasteiger partial charge < -0.3 is 10.5 Å². The number of hydrogen-bond acceptors (Lipinski definition) is 2. The summed E-state index contributed by atoms with van der Waals surface area (Å²) in [7, 11) is 0. The third kappa shape index (κ3) is 3.61. The molecule has 0 aromatic heterocycles. The van der Waals surface area contributed by atoms with Gasteiger partial charge in [0.2, 0.25) is 0 Å². The molecule has 2 nitrogen and oxygen atoms in total. The molecule has 1 atom stereocenters. The van der Waals surface area contributed by atoms with Crippen molar-refractivity contribution < 1.29 is 9.13 Å². The van der Waals surface area contributed by atoms with Gasteiger partial charge in [-0.3, -0.25) is 0 Å². The molecule has 2 aromatic carbocycles. The van der Waals surface area contributed by atoms with Crippen LogP contribution in [0.2, 0.25) is 0 Å². The number of nitrogens with two attached hydrogens (primary N) is 1. The van der Waals surface area contributed by atoms with Gasteiger partial charge in [-0.15, -0.1) is 0 Å². The van der Waals surface area contributed by atoms with Crippen molar-refractivity contribution in [1.29, 1.82) is 0 Å². The van der Waals surface area contributed by atoms with Crippen LogP contribution in [0.25, 0.3) is 0 Å². The Bertz CT molecular complexity index is 601. The minimum atomic E-state index is -0.282. The lowest BCUT2D eigenvalue weighted by Gasteiger charge is -2.19. The standard InChI is InChI=1S/C18H22FNO/c1-4-8-21-16-7-5-6-14(11-16)18(20)17-12(2)9-15(19)10-13(17)3/h5-7,9-11,18H,4,8,20H2,1-3H3. The fourth-order valence-corrected chi connectivity index (χ4v) is 2.60. The molecule has 0 aliphatic carbocycles. The molecule has 0 saturated heterocycles. The maximum atomic E-state index is 13.4. The highest BCUT2D eigenvalue weighted by Gasteiger charge is 2.15. The number of aryl methyl sites for hydroxylation is 2. The number of hydrogen-bond donors (Lipinski definition) is 1. The summed E-state index contributed by atoms with van der Waals surface area (Å²) in [6.07, 6.45) is 0.965. The van der Waals surface area contributed by atoms with Crippen LogP contribution in [0.5, 0.6) is 5.75 Å². The van der Waals surface area contributed by atoms with Crippen LogP contribution in [0.15, 0.2) is 36.4 Å². The summed E-state index contributed by atoms with van der Waals surface area (Å²) in [5.74, 6) is 0.600. The molecule has 0 saturated carbocycles. The van der Waals surface area contributed by atoms with Crippen LogP contribution < -0.4 is 10.5 Å². The second-order valence-corrected chi connectivity index (χ2v) is 5.35.